The van der Waals surface area contributed by atoms with E-state index in [0.29, 0.717) is 0 Å². The molecule has 1 saturated carbocycles. The summed E-state index contributed by atoms with van der Waals surface area (Å²) >= 11 is 5.88. The first-order valence-electron chi connectivity index (χ1n) is 5.93. The average Bonchev–Trinajstić information content (AvgIpc) is 3.08. The molecule has 0 spiro atoms. The topological polar surface area (TPSA) is 49.3 Å². The first-order chi connectivity index (χ1) is 8.16. The fraction of sp³-hybridized carbons (Fsp3) is 0.462. The Morgan fingerprint density at radius 3 is 2.82 bits per heavy atom. The number of anilines is 1. The van der Waals surface area contributed by atoms with Crippen LogP contribution in [0.5, 0.6) is 0 Å². The Kier molecular flexibility index (Phi) is 3.89. The Bertz CT molecular complexity index is 416. The van der Waals surface area contributed by atoms with Crippen LogP contribution in [-0.2, 0) is 0 Å². The van der Waals surface area contributed by atoms with Gasteiger partial charge in [0.15, 0.2) is 0 Å². The molecule has 92 valence electrons. The Morgan fingerprint density at radius 2 is 2.24 bits per heavy atom. The highest BCUT2D eigenvalue weighted by molar-refractivity contribution is 6.33. The first-order valence-corrected chi connectivity index (χ1v) is 6.31. The molecule has 0 aromatic heterocycles. The van der Waals surface area contributed by atoms with E-state index < -0.39 is 5.97 Å². The van der Waals surface area contributed by atoms with Crippen molar-refractivity contribution in [2.45, 2.75) is 25.7 Å². The van der Waals surface area contributed by atoms with Gasteiger partial charge in [0, 0.05) is 12.2 Å². The lowest BCUT2D eigenvalue weighted by Crippen LogP contribution is -2.03. The molecule has 0 bridgehead atoms. The third-order valence-electron chi connectivity index (χ3n) is 3.01. The molecule has 1 aromatic carbocycles. The second-order valence-electron chi connectivity index (χ2n) is 4.51. The molecule has 1 aromatic rings. The number of aromatic carboxylic acids is 1. The lowest BCUT2D eigenvalue weighted by molar-refractivity contribution is 0.0697. The molecule has 1 fully saturated rings. The van der Waals surface area contributed by atoms with Gasteiger partial charge in [0.2, 0.25) is 0 Å². The first kappa shape index (κ1) is 12.2. The highest BCUT2D eigenvalue weighted by Crippen LogP contribution is 2.33. The lowest BCUT2D eigenvalue weighted by atomic mass is 10.2. The van der Waals surface area contributed by atoms with Gasteiger partial charge in [0.05, 0.1) is 10.6 Å². The Labute approximate surface area is 106 Å². The summed E-state index contributed by atoms with van der Waals surface area (Å²) in [5.74, 6) is -0.0370. The number of rotatable bonds is 6. The predicted molar refractivity (Wildman–Crippen MR) is 68.9 cm³/mol. The van der Waals surface area contributed by atoms with Crippen molar-refractivity contribution in [1.82, 2.24) is 0 Å². The Hall–Kier alpha value is -1.22. The number of hydrogen-bond donors (Lipinski definition) is 2. The Morgan fingerprint density at radius 1 is 1.47 bits per heavy atom. The van der Waals surface area contributed by atoms with Gasteiger partial charge in [-0.25, -0.2) is 4.79 Å². The number of carbonyl (C=O) groups is 1. The van der Waals surface area contributed by atoms with Crippen molar-refractivity contribution in [3.8, 4) is 0 Å². The minimum absolute atomic E-state index is 0.148. The number of nitrogens with one attached hydrogen (secondary N) is 1. The van der Waals surface area contributed by atoms with Gasteiger partial charge in [-0.2, -0.15) is 0 Å². The summed E-state index contributed by atoms with van der Waals surface area (Å²) in [5.41, 5.74) is 1.03. The maximum Gasteiger partial charge on any atom is 0.337 e. The summed E-state index contributed by atoms with van der Waals surface area (Å²) < 4.78 is 0. The number of carboxylic acid groups (broad SMARTS) is 1. The van der Waals surface area contributed by atoms with Crippen LogP contribution in [0.1, 0.15) is 36.0 Å². The monoisotopic (exact) mass is 253 g/mol. The van der Waals surface area contributed by atoms with E-state index in [1.165, 1.54) is 25.3 Å². The summed E-state index contributed by atoms with van der Waals surface area (Å²) in [6.07, 6.45) is 5.22. The minimum atomic E-state index is -0.990. The Balaban J connectivity index is 1.83. The number of hydrogen-bond acceptors (Lipinski definition) is 2. The molecule has 3 nitrogen and oxygen atoms in total. The lowest BCUT2D eigenvalue weighted by Gasteiger charge is -2.07. The van der Waals surface area contributed by atoms with Crippen LogP contribution in [0.25, 0.3) is 0 Å². The van der Waals surface area contributed by atoms with Gasteiger partial charge in [-0.05, 0) is 37.0 Å². The van der Waals surface area contributed by atoms with Gasteiger partial charge in [-0.1, -0.05) is 24.4 Å². The van der Waals surface area contributed by atoms with Crippen LogP contribution in [0.3, 0.4) is 0 Å². The van der Waals surface area contributed by atoms with Crippen molar-refractivity contribution in [1.29, 1.82) is 0 Å². The van der Waals surface area contributed by atoms with E-state index in [2.05, 4.69) is 5.32 Å². The standard InChI is InChI=1S/C13H16ClNO2/c14-12-8-10(5-6-11(12)13(16)17)15-7-1-2-9-3-4-9/h5-6,8-9,15H,1-4,7H2,(H,16,17). The fourth-order valence-corrected chi connectivity index (χ4v) is 2.09. The number of carboxylic acids is 1. The molecule has 0 unspecified atom stereocenters. The molecule has 0 saturated heterocycles. The second kappa shape index (κ2) is 5.41. The summed E-state index contributed by atoms with van der Waals surface area (Å²) in [6, 6.07) is 4.96. The van der Waals surface area contributed by atoms with Gasteiger partial charge in [0.25, 0.3) is 0 Å². The van der Waals surface area contributed by atoms with Crippen molar-refractivity contribution >= 4 is 23.3 Å². The SMILES string of the molecule is O=C(O)c1ccc(NCCCC2CC2)cc1Cl. The smallest absolute Gasteiger partial charge is 0.337 e. The highest BCUT2D eigenvalue weighted by atomic mass is 35.5. The normalized spacial score (nSPS) is 14.6. The van der Waals surface area contributed by atoms with E-state index >= 15 is 0 Å². The maximum absolute atomic E-state index is 10.8. The third kappa shape index (κ3) is 3.63. The molecule has 4 heteroatoms. The zero-order chi connectivity index (χ0) is 12.3. The van der Waals surface area contributed by atoms with Crippen LogP contribution in [0.2, 0.25) is 5.02 Å². The third-order valence-corrected chi connectivity index (χ3v) is 3.33. The molecule has 0 heterocycles. The van der Waals surface area contributed by atoms with Gasteiger partial charge in [-0.15, -0.1) is 0 Å². The van der Waals surface area contributed by atoms with Crippen molar-refractivity contribution in [3.05, 3.63) is 28.8 Å². The van der Waals surface area contributed by atoms with E-state index in [-0.39, 0.29) is 10.6 Å². The summed E-state index contributed by atoms with van der Waals surface area (Å²) in [4.78, 5) is 10.8. The molecule has 0 atom stereocenters. The molecule has 0 aliphatic heterocycles. The van der Waals surface area contributed by atoms with Crippen LogP contribution in [-0.4, -0.2) is 17.6 Å². The van der Waals surface area contributed by atoms with Crippen LogP contribution >= 0.6 is 11.6 Å². The maximum atomic E-state index is 10.8. The largest absolute Gasteiger partial charge is 0.478 e. The van der Waals surface area contributed by atoms with Crippen LogP contribution in [0.4, 0.5) is 5.69 Å². The molecule has 2 rings (SSSR count). The molecule has 0 amide bonds. The number of halogens is 1. The molecule has 2 N–H and O–H groups in total. The zero-order valence-corrected chi connectivity index (χ0v) is 10.3. The fourth-order valence-electron chi connectivity index (χ4n) is 1.83. The van der Waals surface area contributed by atoms with Crippen LogP contribution in [0, 0.1) is 5.92 Å². The van der Waals surface area contributed by atoms with E-state index in [1.54, 1.807) is 12.1 Å². The van der Waals surface area contributed by atoms with E-state index in [0.717, 1.165) is 24.6 Å². The van der Waals surface area contributed by atoms with Crippen molar-refractivity contribution in [2.24, 2.45) is 5.92 Å². The number of benzene rings is 1. The second-order valence-corrected chi connectivity index (χ2v) is 4.92. The predicted octanol–water partition coefficient (Wildman–Crippen LogP) is 3.64. The molecule has 1 aliphatic rings. The van der Waals surface area contributed by atoms with Crippen LogP contribution in [0.15, 0.2) is 18.2 Å². The highest BCUT2D eigenvalue weighted by Gasteiger charge is 2.19. The van der Waals surface area contributed by atoms with Crippen molar-refractivity contribution in [2.75, 3.05) is 11.9 Å². The molecule has 0 radical (unpaired) electrons. The van der Waals surface area contributed by atoms with Gasteiger partial charge in [-0.3, -0.25) is 0 Å². The summed E-state index contributed by atoms with van der Waals surface area (Å²) in [7, 11) is 0. The summed E-state index contributed by atoms with van der Waals surface area (Å²) in [5, 5.41) is 12.4. The van der Waals surface area contributed by atoms with E-state index in [4.69, 9.17) is 16.7 Å². The van der Waals surface area contributed by atoms with Crippen molar-refractivity contribution < 1.29 is 9.90 Å². The van der Waals surface area contributed by atoms with Crippen molar-refractivity contribution in [3.63, 3.8) is 0 Å². The minimum Gasteiger partial charge on any atom is -0.478 e. The molecule has 17 heavy (non-hydrogen) atoms. The van der Waals surface area contributed by atoms with E-state index in [1.807, 2.05) is 0 Å². The van der Waals surface area contributed by atoms with Crippen LogP contribution < -0.4 is 5.32 Å². The summed E-state index contributed by atoms with van der Waals surface area (Å²) in [6.45, 7) is 0.916. The van der Waals surface area contributed by atoms with Gasteiger partial charge >= 0.3 is 5.97 Å². The molecular weight excluding hydrogens is 238 g/mol. The van der Waals surface area contributed by atoms with Gasteiger partial charge < -0.3 is 10.4 Å². The molecule has 1 aliphatic carbocycles. The van der Waals surface area contributed by atoms with Gasteiger partial charge in [0.1, 0.15) is 0 Å². The molecular formula is C13H16ClNO2. The quantitative estimate of drug-likeness (QED) is 0.761. The average molecular weight is 254 g/mol. The van der Waals surface area contributed by atoms with E-state index in [9.17, 15) is 4.79 Å². The zero-order valence-electron chi connectivity index (χ0n) is 9.58.